The first-order valence-electron chi connectivity index (χ1n) is 4.15. The van der Waals surface area contributed by atoms with Gasteiger partial charge in [-0.2, -0.15) is 0 Å². The molecule has 1 fully saturated rings. The van der Waals surface area contributed by atoms with Crippen molar-refractivity contribution in [2.75, 3.05) is 6.54 Å². The van der Waals surface area contributed by atoms with Gasteiger partial charge in [-0.25, -0.2) is 0 Å². The van der Waals surface area contributed by atoms with Gasteiger partial charge in [0.05, 0.1) is 6.10 Å². The third-order valence-corrected chi connectivity index (χ3v) is 2.69. The summed E-state index contributed by atoms with van der Waals surface area (Å²) in [6, 6.07) is 0. The molecule has 2 nitrogen and oxygen atoms in total. The van der Waals surface area contributed by atoms with Gasteiger partial charge >= 0.3 is 0 Å². The van der Waals surface area contributed by atoms with Gasteiger partial charge in [0.1, 0.15) is 0 Å². The van der Waals surface area contributed by atoms with Crippen molar-refractivity contribution in [3.8, 4) is 0 Å². The molecule has 1 saturated heterocycles. The molecule has 0 bridgehead atoms. The van der Waals surface area contributed by atoms with Crippen molar-refractivity contribution in [3.63, 3.8) is 0 Å². The fourth-order valence-corrected chi connectivity index (χ4v) is 1.72. The summed E-state index contributed by atoms with van der Waals surface area (Å²) in [5, 5.41) is 12.6. The highest BCUT2D eigenvalue weighted by molar-refractivity contribution is 4.94. The maximum atomic E-state index is 9.26. The third kappa shape index (κ3) is 1.32. The van der Waals surface area contributed by atoms with E-state index < -0.39 is 0 Å². The van der Waals surface area contributed by atoms with Crippen LogP contribution in [0.1, 0.15) is 33.1 Å². The Kier molecular flexibility index (Phi) is 2.32. The molecule has 1 unspecified atom stereocenters. The second-order valence-corrected chi connectivity index (χ2v) is 3.23. The Hall–Kier alpha value is -0.0800. The van der Waals surface area contributed by atoms with E-state index in [1.807, 2.05) is 0 Å². The van der Waals surface area contributed by atoms with E-state index in [-0.39, 0.29) is 11.6 Å². The number of aliphatic hydroxyl groups excluding tert-OH is 1. The molecule has 0 saturated carbocycles. The van der Waals surface area contributed by atoms with Crippen LogP contribution in [-0.2, 0) is 0 Å². The Balaban J connectivity index is 2.51. The zero-order chi connectivity index (χ0) is 7.61. The van der Waals surface area contributed by atoms with Crippen molar-refractivity contribution in [2.45, 2.75) is 44.8 Å². The van der Waals surface area contributed by atoms with E-state index in [0.29, 0.717) is 0 Å². The standard InChI is InChI=1S/C8H17NO/c1-3-8(4-2)5-7(10)6-9-8/h7,9-10H,3-6H2,1-2H3. The predicted molar refractivity (Wildman–Crippen MR) is 41.9 cm³/mol. The van der Waals surface area contributed by atoms with Crippen LogP contribution in [-0.4, -0.2) is 23.3 Å². The first-order valence-corrected chi connectivity index (χ1v) is 4.15. The number of nitrogens with one attached hydrogen (secondary N) is 1. The average Bonchev–Trinajstić information content (AvgIpc) is 2.33. The molecule has 0 aromatic carbocycles. The Bertz CT molecular complexity index is 110. The fourth-order valence-electron chi connectivity index (χ4n) is 1.72. The van der Waals surface area contributed by atoms with E-state index in [2.05, 4.69) is 19.2 Å². The van der Waals surface area contributed by atoms with E-state index in [4.69, 9.17) is 0 Å². The van der Waals surface area contributed by atoms with Crippen molar-refractivity contribution in [3.05, 3.63) is 0 Å². The summed E-state index contributed by atoms with van der Waals surface area (Å²) in [7, 11) is 0. The van der Waals surface area contributed by atoms with Gasteiger partial charge in [0.25, 0.3) is 0 Å². The monoisotopic (exact) mass is 143 g/mol. The van der Waals surface area contributed by atoms with Gasteiger partial charge in [-0.1, -0.05) is 13.8 Å². The van der Waals surface area contributed by atoms with Crippen molar-refractivity contribution >= 4 is 0 Å². The second-order valence-electron chi connectivity index (χ2n) is 3.23. The molecule has 10 heavy (non-hydrogen) atoms. The van der Waals surface area contributed by atoms with Gasteiger partial charge in [0.15, 0.2) is 0 Å². The molecule has 2 N–H and O–H groups in total. The van der Waals surface area contributed by atoms with Gasteiger partial charge in [-0.15, -0.1) is 0 Å². The normalized spacial score (nSPS) is 30.9. The molecule has 1 rings (SSSR count). The lowest BCUT2D eigenvalue weighted by atomic mass is 9.91. The molecular weight excluding hydrogens is 126 g/mol. The van der Waals surface area contributed by atoms with Crippen molar-refractivity contribution in [1.29, 1.82) is 0 Å². The smallest absolute Gasteiger partial charge is 0.0682 e. The topological polar surface area (TPSA) is 32.3 Å². The van der Waals surface area contributed by atoms with E-state index in [1.165, 1.54) is 0 Å². The Morgan fingerprint density at radius 1 is 1.50 bits per heavy atom. The molecule has 1 aliphatic heterocycles. The molecule has 1 atom stereocenters. The Morgan fingerprint density at radius 2 is 2.10 bits per heavy atom. The SMILES string of the molecule is CCC1(CC)CC(O)CN1. The maximum absolute atomic E-state index is 9.26. The zero-order valence-corrected chi connectivity index (χ0v) is 6.85. The minimum Gasteiger partial charge on any atom is -0.392 e. The van der Waals surface area contributed by atoms with Crippen LogP contribution in [0.3, 0.4) is 0 Å². The van der Waals surface area contributed by atoms with Crippen LogP contribution in [0.4, 0.5) is 0 Å². The maximum Gasteiger partial charge on any atom is 0.0682 e. The summed E-state index contributed by atoms with van der Waals surface area (Å²) in [6.45, 7) is 5.13. The van der Waals surface area contributed by atoms with Crippen LogP contribution in [0, 0.1) is 0 Å². The van der Waals surface area contributed by atoms with Crippen LogP contribution in [0.2, 0.25) is 0 Å². The lowest BCUT2D eigenvalue weighted by Crippen LogP contribution is -2.37. The van der Waals surface area contributed by atoms with Gasteiger partial charge in [0, 0.05) is 12.1 Å². The molecule has 1 aliphatic rings. The summed E-state index contributed by atoms with van der Waals surface area (Å²) in [5.74, 6) is 0. The van der Waals surface area contributed by atoms with Crippen LogP contribution >= 0.6 is 0 Å². The number of aliphatic hydroxyl groups is 1. The van der Waals surface area contributed by atoms with Crippen molar-refractivity contribution in [2.24, 2.45) is 0 Å². The largest absolute Gasteiger partial charge is 0.392 e. The average molecular weight is 143 g/mol. The summed E-state index contributed by atoms with van der Waals surface area (Å²) in [6.07, 6.45) is 3.07. The van der Waals surface area contributed by atoms with Gasteiger partial charge in [0.2, 0.25) is 0 Å². The molecular formula is C8H17NO. The van der Waals surface area contributed by atoms with Crippen LogP contribution < -0.4 is 5.32 Å². The molecule has 0 aromatic heterocycles. The second kappa shape index (κ2) is 2.89. The summed E-state index contributed by atoms with van der Waals surface area (Å²) in [5.41, 5.74) is 0.249. The molecule has 0 radical (unpaired) electrons. The zero-order valence-electron chi connectivity index (χ0n) is 6.85. The summed E-state index contributed by atoms with van der Waals surface area (Å²) < 4.78 is 0. The van der Waals surface area contributed by atoms with Crippen LogP contribution in [0.15, 0.2) is 0 Å². The predicted octanol–water partition coefficient (Wildman–Crippen LogP) is 0.899. The highest BCUT2D eigenvalue weighted by Gasteiger charge is 2.34. The molecule has 0 aromatic rings. The molecule has 1 heterocycles. The van der Waals surface area contributed by atoms with Gasteiger partial charge in [-0.3, -0.25) is 0 Å². The van der Waals surface area contributed by atoms with Gasteiger partial charge < -0.3 is 10.4 Å². The van der Waals surface area contributed by atoms with E-state index in [1.54, 1.807) is 0 Å². The first kappa shape index (κ1) is 8.02. The number of hydrogen-bond acceptors (Lipinski definition) is 2. The third-order valence-electron chi connectivity index (χ3n) is 2.69. The highest BCUT2D eigenvalue weighted by Crippen LogP contribution is 2.25. The number of β-amino-alcohol motifs (C(OH)–C–C–N with tert-alkyl or cyclic N) is 1. The number of hydrogen-bond donors (Lipinski definition) is 2. The highest BCUT2D eigenvalue weighted by atomic mass is 16.3. The molecule has 2 heteroatoms. The Labute approximate surface area is 62.6 Å². The van der Waals surface area contributed by atoms with E-state index in [0.717, 1.165) is 25.8 Å². The summed E-state index contributed by atoms with van der Waals surface area (Å²) in [4.78, 5) is 0. The lowest BCUT2D eigenvalue weighted by molar-refractivity contribution is 0.182. The lowest BCUT2D eigenvalue weighted by Gasteiger charge is -2.25. The van der Waals surface area contributed by atoms with Crippen LogP contribution in [0.25, 0.3) is 0 Å². The minimum atomic E-state index is -0.111. The first-order chi connectivity index (χ1) is 4.72. The molecule has 0 amide bonds. The minimum absolute atomic E-state index is 0.111. The van der Waals surface area contributed by atoms with Crippen molar-refractivity contribution < 1.29 is 5.11 Å². The molecule has 0 aliphatic carbocycles. The fraction of sp³-hybridized carbons (Fsp3) is 1.00. The quantitative estimate of drug-likeness (QED) is 0.602. The van der Waals surface area contributed by atoms with E-state index in [9.17, 15) is 5.11 Å². The molecule has 60 valence electrons. The van der Waals surface area contributed by atoms with Crippen LogP contribution in [0.5, 0.6) is 0 Å². The molecule has 0 spiro atoms. The Morgan fingerprint density at radius 3 is 2.30 bits per heavy atom. The summed E-state index contributed by atoms with van der Waals surface area (Å²) >= 11 is 0. The van der Waals surface area contributed by atoms with E-state index >= 15 is 0 Å². The van der Waals surface area contributed by atoms with Crippen molar-refractivity contribution in [1.82, 2.24) is 5.32 Å². The number of rotatable bonds is 2. The van der Waals surface area contributed by atoms with Gasteiger partial charge in [-0.05, 0) is 19.3 Å².